The maximum absolute atomic E-state index is 9.98. The fourth-order valence-corrected chi connectivity index (χ4v) is 5.21. The van der Waals surface area contributed by atoms with Crippen LogP contribution in [0.5, 0.6) is 0 Å². The van der Waals surface area contributed by atoms with Gasteiger partial charge in [0, 0.05) is 25.6 Å². The van der Waals surface area contributed by atoms with Crippen molar-refractivity contribution in [3.8, 4) is 0 Å². The van der Waals surface area contributed by atoms with Crippen LogP contribution in [0.15, 0.2) is 72.8 Å². The molecule has 0 unspecified atom stereocenters. The average molecular weight is 362 g/mol. The zero-order valence-corrected chi connectivity index (χ0v) is 16.1. The van der Waals surface area contributed by atoms with E-state index in [0.717, 1.165) is 25.9 Å². The molecule has 1 aliphatic carbocycles. The van der Waals surface area contributed by atoms with Crippen molar-refractivity contribution < 1.29 is 5.11 Å². The first-order chi connectivity index (χ1) is 13.3. The number of nitrogens with zero attached hydrogens (tertiary/aromatic N) is 1. The molecule has 1 spiro atoms. The summed E-state index contributed by atoms with van der Waals surface area (Å²) in [5, 5.41) is 9.98. The Hall–Kier alpha value is -1.90. The molecule has 2 nitrogen and oxygen atoms in total. The van der Waals surface area contributed by atoms with Gasteiger partial charge >= 0.3 is 0 Å². The molecule has 27 heavy (non-hydrogen) atoms. The summed E-state index contributed by atoms with van der Waals surface area (Å²) >= 11 is 0. The summed E-state index contributed by atoms with van der Waals surface area (Å²) in [6.07, 6.45) is 9.26. The first kappa shape index (κ1) is 18.5. The number of aliphatic hydroxyl groups excluding tert-OH is 1. The molecule has 2 heteroatoms. The quantitative estimate of drug-likeness (QED) is 0.769. The molecule has 2 aromatic carbocycles. The molecule has 1 saturated heterocycles. The van der Waals surface area contributed by atoms with Crippen molar-refractivity contribution in [3.63, 3.8) is 0 Å². The molecule has 0 bridgehead atoms. The molecule has 1 heterocycles. The normalized spacial score (nSPS) is 25.9. The van der Waals surface area contributed by atoms with Gasteiger partial charge in [-0.2, -0.15) is 0 Å². The van der Waals surface area contributed by atoms with Crippen LogP contribution in [0.3, 0.4) is 0 Å². The Morgan fingerprint density at radius 1 is 0.963 bits per heavy atom. The number of piperidine rings is 1. The van der Waals surface area contributed by atoms with Crippen LogP contribution in [-0.4, -0.2) is 36.2 Å². The van der Waals surface area contributed by atoms with E-state index >= 15 is 0 Å². The van der Waals surface area contributed by atoms with Gasteiger partial charge in [0.1, 0.15) is 0 Å². The van der Waals surface area contributed by atoms with Crippen LogP contribution in [0.4, 0.5) is 0 Å². The predicted octanol–water partition coefficient (Wildman–Crippen LogP) is 4.86. The van der Waals surface area contributed by atoms with Crippen molar-refractivity contribution in [3.05, 3.63) is 83.9 Å². The molecule has 0 radical (unpaired) electrons. The highest BCUT2D eigenvalue weighted by Crippen LogP contribution is 2.45. The lowest BCUT2D eigenvalue weighted by Gasteiger charge is -2.49. The van der Waals surface area contributed by atoms with Crippen molar-refractivity contribution in [1.82, 2.24) is 4.90 Å². The third kappa shape index (κ3) is 4.02. The van der Waals surface area contributed by atoms with Crippen LogP contribution >= 0.6 is 0 Å². The zero-order valence-electron chi connectivity index (χ0n) is 16.1. The van der Waals surface area contributed by atoms with Crippen molar-refractivity contribution in [2.45, 2.75) is 31.6 Å². The van der Waals surface area contributed by atoms with Gasteiger partial charge in [-0.3, -0.25) is 0 Å². The summed E-state index contributed by atoms with van der Waals surface area (Å²) in [5.41, 5.74) is 3.05. The van der Waals surface area contributed by atoms with Gasteiger partial charge in [-0.1, -0.05) is 72.8 Å². The van der Waals surface area contributed by atoms with Gasteiger partial charge in [-0.15, -0.1) is 0 Å². The highest BCUT2D eigenvalue weighted by molar-refractivity contribution is 5.32. The van der Waals surface area contributed by atoms with E-state index in [1.165, 1.54) is 30.5 Å². The van der Waals surface area contributed by atoms with Crippen LogP contribution < -0.4 is 0 Å². The fraction of sp³-hybridized carbons (Fsp3) is 0.440. The van der Waals surface area contributed by atoms with Crippen LogP contribution in [-0.2, 0) is 0 Å². The largest absolute Gasteiger partial charge is 0.396 e. The van der Waals surface area contributed by atoms with Gasteiger partial charge in [-0.05, 0) is 54.7 Å². The van der Waals surface area contributed by atoms with Crippen LogP contribution in [0.1, 0.15) is 42.7 Å². The van der Waals surface area contributed by atoms with E-state index in [1.807, 2.05) is 0 Å². The summed E-state index contributed by atoms with van der Waals surface area (Å²) in [4.78, 5) is 2.66. The second-order valence-electron chi connectivity index (χ2n) is 8.37. The Morgan fingerprint density at radius 3 is 2.26 bits per heavy atom. The van der Waals surface area contributed by atoms with E-state index < -0.39 is 0 Å². The number of aliphatic hydroxyl groups is 1. The SMILES string of the molecule is OC[C@@H]1CC=CC[C@@]12CCCN(CC(c1ccccc1)c1ccccc1)C2. The zero-order chi connectivity index (χ0) is 18.5. The minimum atomic E-state index is 0.264. The molecule has 2 aromatic rings. The Kier molecular flexibility index (Phi) is 5.75. The molecular weight excluding hydrogens is 330 g/mol. The second-order valence-corrected chi connectivity index (χ2v) is 8.37. The van der Waals surface area contributed by atoms with E-state index in [1.54, 1.807) is 0 Å². The molecule has 142 valence electrons. The molecule has 2 atom stereocenters. The third-order valence-corrected chi connectivity index (χ3v) is 6.73. The fourth-order valence-electron chi connectivity index (χ4n) is 5.21. The molecular formula is C25H31NO. The minimum absolute atomic E-state index is 0.264. The first-order valence-electron chi connectivity index (χ1n) is 10.4. The van der Waals surface area contributed by atoms with E-state index in [-0.39, 0.29) is 5.41 Å². The molecule has 1 aliphatic heterocycles. The topological polar surface area (TPSA) is 23.5 Å². The van der Waals surface area contributed by atoms with E-state index in [4.69, 9.17) is 0 Å². The minimum Gasteiger partial charge on any atom is -0.396 e. The Labute approximate surface area is 163 Å². The number of allylic oxidation sites excluding steroid dienone is 2. The maximum atomic E-state index is 9.98. The highest BCUT2D eigenvalue weighted by Gasteiger charge is 2.42. The molecule has 1 N–H and O–H groups in total. The summed E-state index contributed by atoms with van der Waals surface area (Å²) < 4.78 is 0. The van der Waals surface area contributed by atoms with Crippen LogP contribution in [0.2, 0.25) is 0 Å². The average Bonchev–Trinajstić information content (AvgIpc) is 2.74. The van der Waals surface area contributed by atoms with Crippen molar-refractivity contribution in [2.24, 2.45) is 11.3 Å². The van der Waals surface area contributed by atoms with Gasteiger partial charge < -0.3 is 10.0 Å². The predicted molar refractivity (Wildman–Crippen MR) is 112 cm³/mol. The Bertz CT molecular complexity index is 702. The maximum Gasteiger partial charge on any atom is 0.0468 e. The van der Waals surface area contributed by atoms with Crippen LogP contribution in [0, 0.1) is 11.3 Å². The molecule has 2 aliphatic rings. The monoisotopic (exact) mass is 361 g/mol. The van der Waals surface area contributed by atoms with Crippen molar-refractivity contribution >= 4 is 0 Å². The van der Waals surface area contributed by atoms with Gasteiger partial charge in [0.05, 0.1) is 0 Å². The van der Waals surface area contributed by atoms with Gasteiger partial charge in [0.15, 0.2) is 0 Å². The summed E-state index contributed by atoms with van der Waals surface area (Å²) in [7, 11) is 0. The lowest BCUT2D eigenvalue weighted by molar-refractivity contribution is 0.00504. The molecule has 0 aromatic heterocycles. The second kappa shape index (κ2) is 8.41. The lowest BCUT2D eigenvalue weighted by atomic mass is 9.64. The Balaban J connectivity index is 1.57. The number of benzene rings is 2. The number of hydrogen-bond donors (Lipinski definition) is 1. The van der Waals surface area contributed by atoms with Gasteiger partial charge in [0.25, 0.3) is 0 Å². The van der Waals surface area contributed by atoms with Crippen molar-refractivity contribution in [2.75, 3.05) is 26.2 Å². The van der Waals surface area contributed by atoms with Crippen LogP contribution in [0.25, 0.3) is 0 Å². The lowest BCUT2D eigenvalue weighted by Crippen LogP contribution is -2.49. The molecule has 0 saturated carbocycles. The van der Waals surface area contributed by atoms with Gasteiger partial charge in [0.2, 0.25) is 0 Å². The Morgan fingerprint density at radius 2 is 1.63 bits per heavy atom. The van der Waals surface area contributed by atoms with Gasteiger partial charge in [-0.25, -0.2) is 0 Å². The van der Waals surface area contributed by atoms with E-state index in [9.17, 15) is 5.11 Å². The number of hydrogen-bond acceptors (Lipinski definition) is 2. The standard InChI is InChI=1S/C25H31NO/c27-19-23-14-7-8-15-25(23)16-9-17-26(20-25)18-24(21-10-3-1-4-11-21)22-12-5-2-6-13-22/h1-8,10-13,23-24,27H,9,14-20H2/t23-,25-/m0/s1. The first-order valence-corrected chi connectivity index (χ1v) is 10.4. The number of rotatable bonds is 5. The molecule has 4 rings (SSSR count). The van der Waals surface area contributed by atoms with E-state index in [2.05, 4.69) is 77.7 Å². The summed E-state index contributed by atoms with van der Waals surface area (Å²) in [6.45, 7) is 3.65. The van der Waals surface area contributed by atoms with Crippen molar-refractivity contribution in [1.29, 1.82) is 0 Å². The number of likely N-dealkylation sites (tertiary alicyclic amines) is 1. The molecule has 0 amide bonds. The third-order valence-electron chi connectivity index (χ3n) is 6.73. The molecule has 1 fully saturated rings. The smallest absolute Gasteiger partial charge is 0.0468 e. The van der Waals surface area contributed by atoms with E-state index in [0.29, 0.717) is 18.4 Å². The highest BCUT2D eigenvalue weighted by atomic mass is 16.3. The summed E-state index contributed by atoms with van der Waals surface area (Å²) in [6, 6.07) is 21.8. The summed E-state index contributed by atoms with van der Waals surface area (Å²) in [5.74, 6) is 0.812.